The van der Waals surface area contributed by atoms with Crippen molar-refractivity contribution in [3.05, 3.63) is 15.6 Å². The summed E-state index contributed by atoms with van der Waals surface area (Å²) in [5.41, 5.74) is 1.42. The van der Waals surface area contributed by atoms with Crippen molar-refractivity contribution in [2.75, 3.05) is 12.3 Å². The highest BCUT2D eigenvalue weighted by atomic mass is 32.2. The summed E-state index contributed by atoms with van der Waals surface area (Å²) in [7, 11) is 0. The molecule has 5 heteroatoms. The first kappa shape index (κ1) is 15.2. The molecule has 0 radical (unpaired) electrons. The van der Waals surface area contributed by atoms with Crippen LogP contribution in [0.2, 0.25) is 0 Å². The van der Waals surface area contributed by atoms with Crippen molar-refractivity contribution in [3.63, 3.8) is 0 Å². The molecule has 1 aromatic heterocycles. The average molecular weight is 329 g/mol. The van der Waals surface area contributed by atoms with Crippen molar-refractivity contribution >= 4 is 34.9 Å². The zero-order chi connectivity index (χ0) is 14.1. The average Bonchev–Trinajstić information content (AvgIpc) is 3.20. The van der Waals surface area contributed by atoms with Crippen LogP contribution >= 0.6 is 34.9 Å². The molecule has 0 amide bonds. The topological polar surface area (TPSA) is 24.9 Å². The molecule has 0 bridgehead atoms. The van der Waals surface area contributed by atoms with Gasteiger partial charge >= 0.3 is 0 Å². The zero-order valence-electron chi connectivity index (χ0n) is 12.5. The lowest BCUT2D eigenvalue weighted by Crippen LogP contribution is -2.21. The normalized spacial score (nSPS) is 30.6. The predicted molar refractivity (Wildman–Crippen MR) is 93.2 cm³/mol. The van der Waals surface area contributed by atoms with Crippen molar-refractivity contribution in [2.45, 2.75) is 61.8 Å². The van der Waals surface area contributed by atoms with Crippen LogP contribution in [0.25, 0.3) is 0 Å². The molecule has 1 aromatic rings. The van der Waals surface area contributed by atoms with Crippen LogP contribution in [0.4, 0.5) is 0 Å². The van der Waals surface area contributed by atoms with Crippen molar-refractivity contribution in [3.8, 4) is 0 Å². The van der Waals surface area contributed by atoms with Crippen LogP contribution in [-0.4, -0.2) is 27.8 Å². The second-order valence-corrected chi connectivity index (χ2v) is 9.89. The van der Waals surface area contributed by atoms with Gasteiger partial charge in [0.2, 0.25) is 0 Å². The number of hydrogen-bond acceptors (Lipinski definition) is 5. The van der Waals surface area contributed by atoms with E-state index in [0.717, 1.165) is 29.5 Å². The minimum Gasteiger partial charge on any atom is -0.312 e. The molecular formula is C15H24N2S3. The number of hydrogen-bond donors (Lipinski definition) is 1. The Morgan fingerprint density at radius 1 is 1.25 bits per heavy atom. The second-order valence-electron chi connectivity index (χ2n) is 5.78. The van der Waals surface area contributed by atoms with Crippen LogP contribution in [0.15, 0.2) is 0 Å². The van der Waals surface area contributed by atoms with Crippen molar-refractivity contribution in [1.29, 1.82) is 0 Å². The summed E-state index contributed by atoms with van der Waals surface area (Å²) in [5, 5.41) is 7.00. The van der Waals surface area contributed by atoms with Gasteiger partial charge < -0.3 is 5.32 Å². The van der Waals surface area contributed by atoms with E-state index < -0.39 is 0 Å². The summed E-state index contributed by atoms with van der Waals surface area (Å²) in [6.07, 6.45) is 2.70. The molecule has 1 N–H and O–H groups in total. The fourth-order valence-corrected chi connectivity index (χ4v) is 6.79. The van der Waals surface area contributed by atoms with E-state index in [4.69, 9.17) is 4.98 Å². The van der Waals surface area contributed by atoms with Gasteiger partial charge in [-0.25, -0.2) is 4.98 Å². The Balaban J connectivity index is 1.75. The smallest absolute Gasteiger partial charge is 0.107 e. The van der Waals surface area contributed by atoms with Gasteiger partial charge in [0.1, 0.15) is 5.01 Å². The maximum atomic E-state index is 5.05. The zero-order valence-corrected chi connectivity index (χ0v) is 15.0. The minimum absolute atomic E-state index is 0.615. The molecule has 3 rings (SSSR count). The molecule has 3 atom stereocenters. The molecule has 2 aliphatic rings. The van der Waals surface area contributed by atoms with Gasteiger partial charge in [0.05, 0.1) is 10.9 Å². The Morgan fingerprint density at radius 3 is 2.70 bits per heavy atom. The van der Waals surface area contributed by atoms with E-state index in [0.29, 0.717) is 5.25 Å². The molecule has 2 heterocycles. The van der Waals surface area contributed by atoms with Crippen molar-refractivity contribution in [2.24, 2.45) is 0 Å². The van der Waals surface area contributed by atoms with Crippen LogP contribution in [0.1, 0.15) is 60.4 Å². The number of aromatic nitrogens is 1. The highest BCUT2D eigenvalue weighted by Gasteiger charge is 2.33. The van der Waals surface area contributed by atoms with E-state index in [9.17, 15) is 0 Å². The molecule has 2 nitrogen and oxygen atoms in total. The van der Waals surface area contributed by atoms with E-state index in [1.165, 1.54) is 34.2 Å². The van der Waals surface area contributed by atoms with E-state index in [1.807, 2.05) is 11.3 Å². The molecule has 0 aromatic carbocycles. The lowest BCUT2D eigenvalue weighted by atomic mass is 10.2. The Labute approximate surface area is 134 Å². The van der Waals surface area contributed by atoms with E-state index >= 15 is 0 Å². The summed E-state index contributed by atoms with van der Waals surface area (Å²) >= 11 is 6.22. The van der Waals surface area contributed by atoms with Gasteiger partial charge in [0.25, 0.3) is 0 Å². The molecule has 1 aliphatic heterocycles. The van der Waals surface area contributed by atoms with Gasteiger partial charge in [-0.1, -0.05) is 20.8 Å². The summed E-state index contributed by atoms with van der Waals surface area (Å²) in [6.45, 7) is 8.95. The van der Waals surface area contributed by atoms with Crippen LogP contribution in [0.5, 0.6) is 0 Å². The van der Waals surface area contributed by atoms with E-state index in [2.05, 4.69) is 49.6 Å². The third-order valence-corrected chi connectivity index (χ3v) is 8.80. The third-order valence-electron chi connectivity index (χ3n) is 4.07. The molecule has 112 valence electrons. The third kappa shape index (κ3) is 3.37. The standard InChI is InChI=1S/C15H24N2S3/c1-4-16-7-12-14(11-5-6-11)17-15(20-12)13-8-18-9(2)10(3)19-13/h9-11,13,16H,4-8H2,1-3H3. The number of rotatable bonds is 5. The summed E-state index contributed by atoms with van der Waals surface area (Å²) in [5.74, 6) is 2.00. The first-order chi connectivity index (χ1) is 9.69. The minimum atomic E-state index is 0.615. The van der Waals surface area contributed by atoms with Crippen molar-refractivity contribution in [1.82, 2.24) is 10.3 Å². The van der Waals surface area contributed by atoms with Gasteiger partial charge in [-0.3, -0.25) is 0 Å². The second kappa shape index (κ2) is 6.59. The SMILES string of the molecule is CCNCc1sc(C2CSC(C)C(C)S2)nc1C1CC1. The van der Waals surface area contributed by atoms with Gasteiger partial charge in [-0.15, -0.1) is 23.1 Å². The highest BCUT2D eigenvalue weighted by Crippen LogP contribution is 2.48. The monoisotopic (exact) mass is 328 g/mol. The summed E-state index contributed by atoms with van der Waals surface area (Å²) in [4.78, 5) is 6.55. The first-order valence-electron chi connectivity index (χ1n) is 7.66. The summed E-state index contributed by atoms with van der Waals surface area (Å²) < 4.78 is 0. The Hall–Kier alpha value is 0.290. The number of nitrogens with one attached hydrogen (secondary N) is 1. The highest BCUT2D eigenvalue weighted by molar-refractivity contribution is 8.07. The maximum Gasteiger partial charge on any atom is 0.107 e. The molecule has 1 saturated heterocycles. The van der Waals surface area contributed by atoms with Crippen LogP contribution < -0.4 is 5.32 Å². The molecule has 1 saturated carbocycles. The van der Waals surface area contributed by atoms with Gasteiger partial charge in [0.15, 0.2) is 0 Å². The van der Waals surface area contributed by atoms with E-state index in [1.54, 1.807) is 0 Å². The molecule has 3 unspecified atom stereocenters. The molecule has 20 heavy (non-hydrogen) atoms. The predicted octanol–water partition coefficient (Wildman–Crippen LogP) is 4.43. The summed E-state index contributed by atoms with van der Waals surface area (Å²) in [6, 6.07) is 0. The maximum absolute atomic E-state index is 5.05. The Morgan fingerprint density at radius 2 is 2.05 bits per heavy atom. The molecular weight excluding hydrogens is 304 g/mol. The van der Waals surface area contributed by atoms with Crippen LogP contribution in [0, 0.1) is 0 Å². The first-order valence-corrected chi connectivity index (χ1v) is 10.5. The van der Waals surface area contributed by atoms with Crippen molar-refractivity contribution < 1.29 is 0 Å². The van der Waals surface area contributed by atoms with Gasteiger partial charge in [0, 0.05) is 33.6 Å². The largest absolute Gasteiger partial charge is 0.312 e. The molecule has 2 fully saturated rings. The van der Waals surface area contributed by atoms with Crippen LogP contribution in [-0.2, 0) is 6.54 Å². The Bertz CT molecular complexity index is 456. The number of thiazole rings is 1. The number of nitrogens with zero attached hydrogens (tertiary/aromatic N) is 1. The quantitative estimate of drug-likeness (QED) is 0.864. The fourth-order valence-electron chi connectivity index (χ4n) is 2.47. The fraction of sp³-hybridized carbons (Fsp3) is 0.800. The lowest BCUT2D eigenvalue weighted by molar-refractivity contribution is 0.726. The van der Waals surface area contributed by atoms with Gasteiger partial charge in [-0.05, 0) is 19.4 Å². The Kier molecular flexibility index (Phi) is 5.01. The molecule has 1 aliphatic carbocycles. The van der Waals surface area contributed by atoms with Gasteiger partial charge in [-0.2, -0.15) is 11.8 Å². The number of thioether (sulfide) groups is 2. The van der Waals surface area contributed by atoms with Crippen LogP contribution in [0.3, 0.4) is 0 Å². The van der Waals surface area contributed by atoms with E-state index in [-0.39, 0.29) is 0 Å². The lowest BCUT2D eigenvalue weighted by Gasteiger charge is -2.30. The molecule has 0 spiro atoms.